The van der Waals surface area contributed by atoms with E-state index in [1.165, 1.54) is 11.1 Å². The fourth-order valence-corrected chi connectivity index (χ4v) is 1.99. The molecule has 0 N–H and O–H groups in total. The van der Waals surface area contributed by atoms with E-state index in [4.69, 9.17) is 11.6 Å². The molecule has 0 heterocycles. The Hall–Kier alpha value is -0.0100. The Kier molecular flexibility index (Phi) is 4.82. The van der Waals surface area contributed by atoms with Crippen molar-refractivity contribution in [2.24, 2.45) is 0 Å². The van der Waals surface area contributed by atoms with Gasteiger partial charge in [0.1, 0.15) is 0 Å². The van der Waals surface area contributed by atoms with Crippen LogP contribution in [0.2, 0.25) is 5.02 Å². The molecule has 0 radical (unpaired) electrons. The van der Waals surface area contributed by atoms with E-state index in [1.54, 1.807) is 0 Å². The van der Waals surface area contributed by atoms with E-state index >= 15 is 0 Å². The minimum absolute atomic E-state index is 0.964. The maximum atomic E-state index is 6.23. The number of rotatable bonds is 4. The van der Waals surface area contributed by atoms with Gasteiger partial charge in [-0.05, 0) is 30.4 Å². The van der Waals surface area contributed by atoms with Gasteiger partial charge in [-0.1, -0.05) is 52.7 Å². The number of alkyl halides is 1. The third-order valence-electron chi connectivity index (χ3n) is 2.12. The van der Waals surface area contributed by atoms with Crippen LogP contribution in [0.5, 0.6) is 0 Å². The van der Waals surface area contributed by atoms with Gasteiger partial charge in [0.05, 0.1) is 0 Å². The highest BCUT2D eigenvalue weighted by Gasteiger charge is 2.03. The van der Waals surface area contributed by atoms with Crippen LogP contribution >= 0.6 is 27.5 Å². The van der Waals surface area contributed by atoms with Crippen molar-refractivity contribution in [1.82, 2.24) is 0 Å². The predicted molar refractivity (Wildman–Crippen MR) is 62.9 cm³/mol. The highest BCUT2D eigenvalue weighted by molar-refractivity contribution is 9.09. The van der Waals surface area contributed by atoms with E-state index in [0.29, 0.717) is 0 Å². The van der Waals surface area contributed by atoms with Gasteiger partial charge < -0.3 is 0 Å². The summed E-state index contributed by atoms with van der Waals surface area (Å²) in [5.41, 5.74) is 2.54. The van der Waals surface area contributed by atoms with Crippen LogP contribution in [0, 0.1) is 0 Å². The van der Waals surface area contributed by atoms with Crippen molar-refractivity contribution >= 4 is 27.5 Å². The van der Waals surface area contributed by atoms with E-state index in [0.717, 1.165) is 29.6 Å². The van der Waals surface area contributed by atoms with Crippen LogP contribution in [-0.2, 0) is 12.8 Å². The third kappa shape index (κ3) is 2.99. The second-order valence-corrected chi connectivity index (χ2v) is 4.21. The van der Waals surface area contributed by atoms with Crippen molar-refractivity contribution in [3.63, 3.8) is 0 Å². The van der Waals surface area contributed by atoms with Crippen LogP contribution in [0.25, 0.3) is 0 Å². The van der Waals surface area contributed by atoms with Gasteiger partial charge in [0.2, 0.25) is 0 Å². The summed E-state index contributed by atoms with van der Waals surface area (Å²) in [6.45, 7) is 2.13. The SMILES string of the molecule is CCc1cccc(CCCBr)c1Cl. The molecule has 0 aliphatic rings. The Morgan fingerprint density at radius 1 is 1.31 bits per heavy atom. The van der Waals surface area contributed by atoms with Crippen LogP contribution in [0.3, 0.4) is 0 Å². The lowest BCUT2D eigenvalue weighted by Crippen LogP contribution is -1.91. The summed E-state index contributed by atoms with van der Waals surface area (Å²) in [7, 11) is 0. The van der Waals surface area contributed by atoms with Crippen molar-refractivity contribution in [2.45, 2.75) is 26.2 Å². The van der Waals surface area contributed by atoms with Crippen molar-refractivity contribution in [3.8, 4) is 0 Å². The van der Waals surface area contributed by atoms with Crippen molar-refractivity contribution < 1.29 is 0 Å². The number of hydrogen-bond acceptors (Lipinski definition) is 0. The van der Waals surface area contributed by atoms with E-state index in [2.05, 4.69) is 41.1 Å². The Morgan fingerprint density at radius 3 is 2.62 bits per heavy atom. The Bertz CT molecular complexity index is 271. The normalized spacial score (nSPS) is 10.4. The van der Waals surface area contributed by atoms with Crippen molar-refractivity contribution in [2.75, 3.05) is 5.33 Å². The molecule has 0 saturated heterocycles. The van der Waals surface area contributed by atoms with Gasteiger partial charge in [0.15, 0.2) is 0 Å². The fraction of sp³-hybridized carbons (Fsp3) is 0.455. The van der Waals surface area contributed by atoms with Gasteiger partial charge in [-0.2, -0.15) is 0 Å². The first-order chi connectivity index (χ1) is 6.29. The molecule has 0 bridgehead atoms. The van der Waals surface area contributed by atoms with Crippen LogP contribution in [0.4, 0.5) is 0 Å². The molecule has 1 aromatic rings. The molecule has 0 nitrogen and oxygen atoms in total. The van der Waals surface area contributed by atoms with Gasteiger partial charge >= 0.3 is 0 Å². The molecule has 0 aromatic heterocycles. The summed E-state index contributed by atoms with van der Waals surface area (Å²) in [4.78, 5) is 0. The molecular weight excluding hydrogens is 247 g/mol. The molecule has 2 heteroatoms. The van der Waals surface area contributed by atoms with Crippen LogP contribution in [-0.4, -0.2) is 5.33 Å². The highest BCUT2D eigenvalue weighted by atomic mass is 79.9. The number of hydrogen-bond donors (Lipinski definition) is 0. The summed E-state index contributed by atoms with van der Waals surface area (Å²) in [5.74, 6) is 0. The molecule has 1 rings (SSSR count). The first-order valence-corrected chi connectivity index (χ1v) is 6.11. The molecule has 72 valence electrons. The zero-order valence-corrected chi connectivity index (χ0v) is 10.2. The quantitative estimate of drug-likeness (QED) is 0.712. The fourth-order valence-electron chi connectivity index (χ4n) is 1.36. The van der Waals surface area contributed by atoms with Crippen LogP contribution in [0.15, 0.2) is 18.2 Å². The maximum absolute atomic E-state index is 6.23. The molecule has 0 saturated carbocycles. The molecular formula is C11H14BrCl. The maximum Gasteiger partial charge on any atom is 0.0469 e. The average molecular weight is 262 g/mol. The summed E-state index contributed by atoms with van der Waals surface area (Å²) in [5, 5.41) is 2.01. The van der Waals surface area contributed by atoms with E-state index in [9.17, 15) is 0 Å². The van der Waals surface area contributed by atoms with Crippen molar-refractivity contribution in [3.05, 3.63) is 34.3 Å². The van der Waals surface area contributed by atoms with Crippen LogP contribution < -0.4 is 0 Å². The number of halogens is 2. The molecule has 0 atom stereocenters. The minimum atomic E-state index is 0.964. The Labute approximate surface area is 93.4 Å². The Morgan fingerprint density at radius 2 is 2.00 bits per heavy atom. The largest absolute Gasteiger partial charge is 0.0928 e. The smallest absolute Gasteiger partial charge is 0.0469 e. The second kappa shape index (κ2) is 5.66. The first kappa shape index (κ1) is 11.1. The topological polar surface area (TPSA) is 0 Å². The molecule has 0 amide bonds. The minimum Gasteiger partial charge on any atom is -0.0928 e. The standard InChI is InChI=1S/C11H14BrCl/c1-2-9-5-3-6-10(11(9)13)7-4-8-12/h3,5-6H,2,4,7-8H2,1H3. The van der Waals surface area contributed by atoms with Gasteiger partial charge in [0.25, 0.3) is 0 Å². The van der Waals surface area contributed by atoms with Gasteiger partial charge in [-0.15, -0.1) is 0 Å². The van der Waals surface area contributed by atoms with Gasteiger partial charge in [-0.25, -0.2) is 0 Å². The molecule has 0 fully saturated rings. The van der Waals surface area contributed by atoms with E-state index in [-0.39, 0.29) is 0 Å². The lowest BCUT2D eigenvalue weighted by atomic mass is 10.1. The highest BCUT2D eigenvalue weighted by Crippen LogP contribution is 2.22. The number of aryl methyl sites for hydroxylation is 2. The molecule has 0 spiro atoms. The zero-order chi connectivity index (χ0) is 9.68. The second-order valence-electron chi connectivity index (χ2n) is 3.04. The molecule has 0 unspecified atom stereocenters. The van der Waals surface area contributed by atoms with E-state index in [1.807, 2.05) is 0 Å². The predicted octanol–water partition coefficient (Wildman–Crippen LogP) is 4.23. The molecule has 13 heavy (non-hydrogen) atoms. The molecule has 1 aromatic carbocycles. The summed E-state index contributed by atoms with van der Waals surface area (Å²) < 4.78 is 0. The molecule has 0 aliphatic heterocycles. The van der Waals surface area contributed by atoms with Gasteiger partial charge in [0, 0.05) is 10.4 Å². The van der Waals surface area contributed by atoms with Gasteiger partial charge in [-0.3, -0.25) is 0 Å². The first-order valence-electron chi connectivity index (χ1n) is 4.61. The van der Waals surface area contributed by atoms with Crippen molar-refractivity contribution in [1.29, 1.82) is 0 Å². The molecule has 0 aliphatic carbocycles. The summed E-state index contributed by atoms with van der Waals surface area (Å²) >= 11 is 9.65. The lowest BCUT2D eigenvalue weighted by molar-refractivity contribution is 0.934. The number of benzene rings is 1. The lowest BCUT2D eigenvalue weighted by Gasteiger charge is -2.06. The zero-order valence-electron chi connectivity index (χ0n) is 7.82. The average Bonchev–Trinajstić information content (AvgIpc) is 2.16. The third-order valence-corrected chi connectivity index (χ3v) is 3.17. The van der Waals surface area contributed by atoms with Crippen LogP contribution in [0.1, 0.15) is 24.5 Å². The Balaban J connectivity index is 2.81. The van der Waals surface area contributed by atoms with E-state index < -0.39 is 0 Å². The summed E-state index contributed by atoms with van der Waals surface area (Å²) in [6.07, 6.45) is 3.23. The summed E-state index contributed by atoms with van der Waals surface area (Å²) in [6, 6.07) is 6.30. The monoisotopic (exact) mass is 260 g/mol.